The van der Waals surface area contributed by atoms with Crippen molar-refractivity contribution in [3.63, 3.8) is 0 Å². The lowest BCUT2D eigenvalue weighted by molar-refractivity contribution is 0.0240. The molecule has 12 heteroatoms. The van der Waals surface area contributed by atoms with E-state index in [0.717, 1.165) is 17.8 Å². The number of hydrogen-bond donors (Lipinski definition) is 3. The molecule has 3 N–H and O–H groups in total. The minimum absolute atomic E-state index is 0.294. The molecule has 0 bridgehead atoms. The molecule has 4 heterocycles. The number of ether oxygens (including phenoxy) is 2. The number of methoxy groups -OCH3 is 1. The van der Waals surface area contributed by atoms with E-state index in [0.29, 0.717) is 66.6 Å². The van der Waals surface area contributed by atoms with E-state index in [9.17, 15) is 9.59 Å². The van der Waals surface area contributed by atoms with E-state index in [1.54, 1.807) is 30.5 Å². The molecule has 0 atom stereocenters. The van der Waals surface area contributed by atoms with Crippen molar-refractivity contribution in [3.8, 4) is 5.75 Å². The molecule has 0 aliphatic carbocycles. The number of aromatic amines is 1. The zero-order chi connectivity index (χ0) is 29.7. The maximum atomic E-state index is 12.8. The summed E-state index contributed by atoms with van der Waals surface area (Å²) < 4.78 is 11.2. The lowest BCUT2D eigenvalue weighted by Gasteiger charge is -2.37. The number of piperazine rings is 1. The van der Waals surface area contributed by atoms with Crippen LogP contribution in [0.4, 0.5) is 27.8 Å². The third-order valence-electron chi connectivity index (χ3n) is 6.79. The summed E-state index contributed by atoms with van der Waals surface area (Å²) in [7, 11) is 1.60. The second kappa shape index (κ2) is 12.3. The Morgan fingerprint density at radius 3 is 2.62 bits per heavy atom. The van der Waals surface area contributed by atoms with E-state index in [1.807, 2.05) is 57.2 Å². The molecule has 4 aromatic rings. The minimum Gasteiger partial charge on any atom is -0.494 e. The third kappa shape index (κ3) is 6.88. The van der Waals surface area contributed by atoms with Gasteiger partial charge in [-0.1, -0.05) is 6.07 Å². The largest absolute Gasteiger partial charge is 0.494 e. The Bertz CT molecular complexity index is 1590. The van der Waals surface area contributed by atoms with E-state index in [4.69, 9.17) is 14.5 Å². The Morgan fingerprint density at radius 2 is 1.90 bits per heavy atom. The molecule has 0 saturated carbocycles. The van der Waals surface area contributed by atoms with Gasteiger partial charge >= 0.3 is 6.09 Å². The SMILES string of the molecule is COc1cc(N2CCN(C(=O)OC(C)(C)C)CC2)ccc1Nc1nc(NCCc2ccccn2)cc2cn[nH]c(=O)c12. The summed E-state index contributed by atoms with van der Waals surface area (Å²) in [6, 6.07) is 13.4. The lowest BCUT2D eigenvalue weighted by Crippen LogP contribution is -2.50. The van der Waals surface area contributed by atoms with Gasteiger partial charge in [0.15, 0.2) is 0 Å². The monoisotopic (exact) mass is 572 g/mol. The quantitative estimate of drug-likeness (QED) is 0.282. The number of amides is 1. The standard InChI is InChI=1S/C30H36N8O4/c1-30(2,3)42-29(40)38-15-13-37(14-16-38)22-8-9-23(24(18-22)41-4)34-27-26-20(19-33-36-28(26)39)17-25(35-27)32-12-10-21-7-5-6-11-31-21/h5-9,11,17-19H,10,12-16H2,1-4H3,(H,36,39)(H2,32,34,35). The van der Waals surface area contributed by atoms with Crippen LogP contribution in [-0.4, -0.2) is 76.6 Å². The molecule has 220 valence electrons. The number of nitrogens with zero attached hydrogens (tertiary/aromatic N) is 5. The Morgan fingerprint density at radius 1 is 1.10 bits per heavy atom. The van der Waals surface area contributed by atoms with E-state index >= 15 is 0 Å². The number of hydrogen-bond acceptors (Lipinski definition) is 10. The van der Waals surface area contributed by atoms with Crippen LogP contribution >= 0.6 is 0 Å². The highest BCUT2D eigenvalue weighted by atomic mass is 16.6. The van der Waals surface area contributed by atoms with Gasteiger partial charge in [0.1, 0.15) is 23.0 Å². The summed E-state index contributed by atoms with van der Waals surface area (Å²) >= 11 is 0. The van der Waals surface area contributed by atoms with Crippen molar-refractivity contribution in [1.82, 2.24) is 25.1 Å². The van der Waals surface area contributed by atoms with Crippen LogP contribution in [0.5, 0.6) is 5.75 Å². The summed E-state index contributed by atoms with van der Waals surface area (Å²) in [4.78, 5) is 38.2. The van der Waals surface area contributed by atoms with Crippen molar-refractivity contribution in [1.29, 1.82) is 0 Å². The average Bonchev–Trinajstić information content (AvgIpc) is 2.97. The maximum absolute atomic E-state index is 12.8. The van der Waals surface area contributed by atoms with E-state index in [-0.39, 0.29) is 11.7 Å². The highest BCUT2D eigenvalue weighted by Gasteiger charge is 2.26. The Hall–Kier alpha value is -4.87. The van der Waals surface area contributed by atoms with Crippen molar-refractivity contribution in [2.24, 2.45) is 0 Å². The van der Waals surface area contributed by atoms with Crippen LogP contribution in [0.3, 0.4) is 0 Å². The molecule has 1 aliphatic rings. The molecule has 1 amide bonds. The number of aromatic nitrogens is 4. The van der Waals surface area contributed by atoms with Crippen LogP contribution in [0.2, 0.25) is 0 Å². The minimum atomic E-state index is -0.527. The summed E-state index contributed by atoms with van der Waals surface area (Å²) in [6.45, 7) is 8.66. The lowest BCUT2D eigenvalue weighted by atomic mass is 10.2. The molecule has 1 saturated heterocycles. The summed E-state index contributed by atoms with van der Waals surface area (Å²) in [5.41, 5.74) is 1.72. The van der Waals surface area contributed by atoms with Gasteiger partial charge in [0, 0.05) is 68.2 Å². The first-order chi connectivity index (χ1) is 20.2. The smallest absolute Gasteiger partial charge is 0.410 e. The topological polar surface area (TPSA) is 138 Å². The van der Waals surface area contributed by atoms with E-state index in [2.05, 4.69) is 30.7 Å². The highest BCUT2D eigenvalue weighted by molar-refractivity contribution is 5.94. The van der Waals surface area contributed by atoms with E-state index < -0.39 is 5.60 Å². The van der Waals surface area contributed by atoms with Crippen LogP contribution < -0.4 is 25.8 Å². The number of rotatable bonds is 8. The number of benzene rings is 1. The van der Waals surface area contributed by atoms with Gasteiger partial charge in [-0.2, -0.15) is 5.10 Å². The fourth-order valence-corrected chi connectivity index (χ4v) is 4.75. The van der Waals surface area contributed by atoms with E-state index in [1.165, 1.54) is 0 Å². The molecule has 0 radical (unpaired) electrons. The van der Waals surface area contributed by atoms with Crippen molar-refractivity contribution in [2.45, 2.75) is 32.8 Å². The molecule has 1 aliphatic heterocycles. The van der Waals surface area contributed by atoms with Gasteiger partial charge in [-0.25, -0.2) is 14.9 Å². The van der Waals surface area contributed by atoms with Crippen LogP contribution in [0.1, 0.15) is 26.5 Å². The first-order valence-corrected chi connectivity index (χ1v) is 13.9. The summed E-state index contributed by atoms with van der Waals surface area (Å²) in [5, 5.41) is 14.1. The number of carbonyl (C=O) groups is 1. The molecule has 42 heavy (non-hydrogen) atoms. The number of nitrogens with one attached hydrogen (secondary N) is 3. The maximum Gasteiger partial charge on any atom is 0.410 e. The molecule has 1 aromatic carbocycles. The second-order valence-electron chi connectivity index (χ2n) is 11.0. The van der Waals surface area contributed by atoms with Crippen LogP contribution in [-0.2, 0) is 11.2 Å². The van der Waals surface area contributed by atoms with Crippen molar-refractivity contribution >= 4 is 39.9 Å². The second-order valence-corrected chi connectivity index (χ2v) is 11.0. The molecule has 12 nitrogen and oxygen atoms in total. The Kier molecular flexibility index (Phi) is 8.41. The number of pyridine rings is 2. The molecular weight excluding hydrogens is 536 g/mol. The summed E-state index contributed by atoms with van der Waals surface area (Å²) in [6.07, 6.45) is 3.80. The fourth-order valence-electron chi connectivity index (χ4n) is 4.75. The Labute approximate surface area is 244 Å². The molecule has 1 fully saturated rings. The highest BCUT2D eigenvalue weighted by Crippen LogP contribution is 2.34. The molecule has 0 unspecified atom stereocenters. The summed E-state index contributed by atoms with van der Waals surface area (Å²) in [5.74, 6) is 1.58. The average molecular weight is 573 g/mol. The number of fused-ring (bicyclic) bond motifs is 1. The van der Waals surface area contributed by atoms with Crippen molar-refractivity contribution < 1.29 is 14.3 Å². The van der Waals surface area contributed by atoms with Gasteiger partial charge in [-0.05, 0) is 51.1 Å². The fraction of sp³-hybridized carbons (Fsp3) is 0.367. The van der Waals surface area contributed by atoms with Gasteiger partial charge in [0.25, 0.3) is 5.56 Å². The third-order valence-corrected chi connectivity index (χ3v) is 6.79. The Balaban J connectivity index is 1.33. The van der Waals surface area contributed by atoms with Gasteiger partial charge < -0.3 is 29.9 Å². The number of H-pyrrole nitrogens is 1. The van der Waals surface area contributed by atoms with Gasteiger partial charge in [-0.15, -0.1) is 0 Å². The normalized spacial score (nSPS) is 13.6. The zero-order valence-electron chi connectivity index (χ0n) is 24.3. The van der Waals surface area contributed by atoms with Crippen LogP contribution in [0.15, 0.2) is 59.7 Å². The van der Waals surface area contributed by atoms with Crippen LogP contribution in [0.25, 0.3) is 10.8 Å². The van der Waals surface area contributed by atoms with Crippen LogP contribution in [0, 0.1) is 0 Å². The molecule has 0 spiro atoms. The van der Waals surface area contributed by atoms with Gasteiger partial charge in [0.05, 0.1) is 24.4 Å². The predicted octanol–water partition coefficient (Wildman–Crippen LogP) is 4.18. The first-order valence-electron chi connectivity index (χ1n) is 13.9. The molecule has 3 aromatic heterocycles. The van der Waals surface area contributed by atoms with Crippen molar-refractivity contribution in [3.05, 3.63) is 70.9 Å². The van der Waals surface area contributed by atoms with Crippen molar-refractivity contribution in [2.75, 3.05) is 55.4 Å². The number of carbonyl (C=O) groups excluding carboxylic acids is 1. The first kappa shape index (κ1) is 28.7. The predicted molar refractivity (Wildman–Crippen MR) is 163 cm³/mol. The number of anilines is 4. The molecular formula is C30H36N8O4. The zero-order valence-corrected chi connectivity index (χ0v) is 24.3. The molecule has 5 rings (SSSR count). The van der Waals surface area contributed by atoms with Gasteiger partial charge in [0.2, 0.25) is 0 Å². The van der Waals surface area contributed by atoms with Gasteiger partial charge in [-0.3, -0.25) is 9.78 Å².